The Morgan fingerprint density at radius 3 is 2.70 bits per heavy atom. The molecule has 1 fully saturated rings. The Labute approximate surface area is 184 Å². The molecule has 2 aliphatic heterocycles. The number of amides is 1. The summed E-state index contributed by atoms with van der Waals surface area (Å²) in [5.74, 6) is 1.13. The van der Waals surface area contributed by atoms with Crippen LogP contribution in [0.25, 0.3) is 0 Å². The van der Waals surface area contributed by atoms with Crippen molar-refractivity contribution in [1.82, 2.24) is 4.90 Å². The predicted molar refractivity (Wildman–Crippen MR) is 124 cm³/mol. The average molecular weight is 425 g/mol. The molecule has 0 spiro atoms. The number of piperidine rings is 1. The van der Waals surface area contributed by atoms with Gasteiger partial charge < -0.3 is 9.80 Å². The highest BCUT2D eigenvalue weighted by Crippen LogP contribution is 2.32. The van der Waals surface area contributed by atoms with Crippen molar-refractivity contribution in [1.29, 1.82) is 0 Å². The zero-order chi connectivity index (χ0) is 21.3. The van der Waals surface area contributed by atoms with E-state index in [1.54, 1.807) is 4.90 Å². The Kier molecular flexibility index (Phi) is 6.26. The van der Waals surface area contributed by atoms with Crippen LogP contribution in [0.15, 0.2) is 42.5 Å². The molecule has 0 bridgehead atoms. The molecule has 1 saturated heterocycles. The number of anilines is 1. The van der Waals surface area contributed by atoms with E-state index in [4.69, 9.17) is 11.6 Å². The van der Waals surface area contributed by atoms with Crippen LogP contribution in [0.5, 0.6) is 0 Å². The van der Waals surface area contributed by atoms with Crippen LogP contribution in [-0.2, 0) is 4.79 Å². The van der Waals surface area contributed by atoms with Gasteiger partial charge in [0.25, 0.3) is 0 Å². The van der Waals surface area contributed by atoms with Crippen molar-refractivity contribution in [2.75, 3.05) is 31.6 Å². The van der Waals surface area contributed by atoms with E-state index in [-0.39, 0.29) is 11.8 Å². The Morgan fingerprint density at radius 2 is 1.97 bits per heavy atom. The standard InChI is InChI=1S/C25H30ClN3O/c1-17(2)25(30)28(3)22-6-4-5-19(13-22)18-9-11-29(12-10-18)16-20-15-27-24-14-21(26)7-8-23(20)24/h4-8,13-15,17-18,20H,9-12,16H2,1-3H3/p+1. The van der Waals surface area contributed by atoms with Crippen LogP contribution in [0.1, 0.15) is 49.7 Å². The maximum Gasteiger partial charge on any atom is 0.229 e. The third-order valence-corrected chi connectivity index (χ3v) is 6.69. The maximum atomic E-state index is 12.3. The number of carbonyl (C=O) groups is 1. The quantitative estimate of drug-likeness (QED) is 0.794. The first-order valence-electron chi connectivity index (χ1n) is 10.9. The minimum Gasteiger partial charge on any atom is -0.315 e. The molecule has 0 saturated carbocycles. The number of rotatable bonds is 5. The van der Waals surface area contributed by atoms with E-state index in [0.29, 0.717) is 11.8 Å². The molecule has 2 aliphatic rings. The van der Waals surface area contributed by atoms with Gasteiger partial charge in [0.1, 0.15) is 0 Å². The summed E-state index contributed by atoms with van der Waals surface area (Å²) in [4.78, 5) is 20.1. The predicted octanol–water partition coefficient (Wildman–Crippen LogP) is 3.72. The summed E-state index contributed by atoms with van der Waals surface area (Å²) in [6.45, 7) is 7.14. The molecule has 0 aromatic heterocycles. The van der Waals surface area contributed by atoms with Crippen LogP contribution in [0.2, 0.25) is 5.02 Å². The monoisotopic (exact) mass is 424 g/mol. The summed E-state index contributed by atoms with van der Waals surface area (Å²) in [6.07, 6.45) is 4.50. The number of carbonyl (C=O) groups excluding carboxylic acids is 1. The van der Waals surface area contributed by atoms with Crippen LogP contribution in [0, 0.1) is 5.92 Å². The van der Waals surface area contributed by atoms with Crippen molar-refractivity contribution >= 4 is 35.1 Å². The van der Waals surface area contributed by atoms with Gasteiger partial charge in [0.2, 0.25) is 11.6 Å². The fraction of sp³-hybridized carbons (Fsp3) is 0.440. The molecule has 2 heterocycles. The van der Waals surface area contributed by atoms with Crippen molar-refractivity contribution in [3.05, 3.63) is 58.6 Å². The Hall–Kier alpha value is -2.17. The molecule has 30 heavy (non-hydrogen) atoms. The lowest BCUT2D eigenvalue weighted by Gasteiger charge is -2.33. The molecular formula is C25H31ClN3O+. The molecule has 2 aromatic carbocycles. The number of nitrogens with zero attached hydrogens (tertiary/aromatic N) is 2. The van der Waals surface area contributed by atoms with Gasteiger partial charge in [-0.15, -0.1) is 0 Å². The highest BCUT2D eigenvalue weighted by atomic mass is 35.5. The SMILES string of the molecule is CC(C)C(=O)N(C)c1cccc(C2CCN(CC3C=[NH+]c4cc(Cl)ccc43)CC2)c1. The second-order valence-corrected chi connectivity index (χ2v) is 9.31. The summed E-state index contributed by atoms with van der Waals surface area (Å²) in [5, 5.41) is 0.777. The summed E-state index contributed by atoms with van der Waals surface area (Å²) < 4.78 is 0. The molecule has 0 aliphatic carbocycles. The first-order chi connectivity index (χ1) is 14.4. The molecule has 1 atom stereocenters. The van der Waals surface area contributed by atoms with E-state index in [2.05, 4.69) is 40.4 Å². The second kappa shape index (κ2) is 8.91. The highest BCUT2D eigenvalue weighted by molar-refractivity contribution is 6.30. The van der Waals surface area contributed by atoms with Gasteiger partial charge in [-0.3, -0.25) is 4.79 Å². The summed E-state index contributed by atoms with van der Waals surface area (Å²) in [6, 6.07) is 14.7. The van der Waals surface area contributed by atoms with Crippen molar-refractivity contribution in [2.45, 2.75) is 38.5 Å². The maximum absolute atomic E-state index is 12.3. The van der Waals surface area contributed by atoms with Gasteiger partial charge in [0.05, 0.1) is 5.92 Å². The number of fused-ring (bicyclic) bond motifs is 1. The molecule has 158 valence electrons. The minimum absolute atomic E-state index is 0.00457. The van der Waals surface area contributed by atoms with Gasteiger partial charge in [0.15, 0.2) is 6.21 Å². The molecule has 0 radical (unpaired) electrons. The zero-order valence-electron chi connectivity index (χ0n) is 18.1. The fourth-order valence-electron chi connectivity index (χ4n) is 4.64. The van der Waals surface area contributed by atoms with E-state index < -0.39 is 0 Å². The van der Waals surface area contributed by atoms with E-state index in [0.717, 1.165) is 48.9 Å². The third kappa shape index (κ3) is 4.45. The van der Waals surface area contributed by atoms with Crippen molar-refractivity contribution in [2.24, 2.45) is 5.92 Å². The van der Waals surface area contributed by atoms with Crippen LogP contribution in [-0.4, -0.2) is 43.7 Å². The Bertz CT molecular complexity index is 947. The molecule has 5 heteroatoms. The van der Waals surface area contributed by atoms with Crippen molar-refractivity contribution < 1.29 is 9.79 Å². The molecule has 4 rings (SSSR count). The number of nitrogens with one attached hydrogen (secondary N) is 1. The van der Waals surface area contributed by atoms with E-state index >= 15 is 0 Å². The lowest BCUT2D eigenvalue weighted by Crippen LogP contribution is -2.59. The summed E-state index contributed by atoms with van der Waals surface area (Å²) in [7, 11) is 1.88. The van der Waals surface area contributed by atoms with Gasteiger partial charge in [-0.05, 0) is 55.6 Å². The van der Waals surface area contributed by atoms with E-state index in [9.17, 15) is 4.79 Å². The van der Waals surface area contributed by atoms with Gasteiger partial charge >= 0.3 is 0 Å². The molecule has 1 N–H and O–H groups in total. The first kappa shape index (κ1) is 21.1. The highest BCUT2D eigenvalue weighted by Gasteiger charge is 2.29. The number of benzene rings is 2. The van der Waals surface area contributed by atoms with E-state index in [1.807, 2.05) is 39.1 Å². The number of halogens is 1. The van der Waals surface area contributed by atoms with Crippen LogP contribution in [0.4, 0.5) is 11.4 Å². The van der Waals surface area contributed by atoms with Crippen molar-refractivity contribution in [3.63, 3.8) is 0 Å². The van der Waals surface area contributed by atoms with Crippen molar-refractivity contribution in [3.8, 4) is 0 Å². The summed E-state index contributed by atoms with van der Waals surface area (Å²) in [5.41, 5.74) is 4.83. The van der Waals surface area contributed by atoms with Crippen LogP contribution >= 0.6 is 11.6 Å². The fourth-order valence-corrected chi connectivity index (χ4v) is 4.81. The normalized spacial score (nSPS) is 19.3. The molecular weight excluding hydrogens is 394 g/mol. The smallest absolute Gasteiger partial charge is 0.229 e. The van der Waals surface area contributed by atoms with Gasteiger partial charge in [-0.1, -0.05) is 43.6 Å². The lowest BCUT2D eigenvalue weighted by molar-refractivity contribution is -0.344. The summed E-state index contributed by atoms with van der Waals surface area (Å²) >= 11 is 6.11. The van der Waals surface area contributed by atoms with Crippen LogP contribution < -0.4 is 9.89 Å². The van der Waals surface area contributed by atoms with Crippen LogP contribution in [0.3, 0.4) is 0 Å². The topological polar surface area (TPSA) is 37.5 Å². The van der Waals surface area contributed by atoms with Gasteiger partial charge in [-0.25, -0.2) is 4.99 Å². The Morgan fingerprint density at radius 1 is 1.20 bits per heavy atom. The first-order valence-corrected chi connectivity index (χ1v) is 11.3. The average Bonchev–Trinajstić information content (AvgIpc) is 3.14. The Balaban J connectivity index is 1.36. The molecule has 2 aromatic rings. The van der Waals surface area contributed by atoms with Gasteiger partial charge in [-0.2, -0.15) is 0 Å². The second-order valence-electron chi connectivity index (χ2n) is 8.87. The van der Waals surface area contributed by atoms with E-state index in [1.165, 1.54) is 11.1 Å². The number of likely N-dealkylation sites (tertiary alicyclic amines) is 1. The minimum atomic E-state index is 0.00457. The zero-order valence-corrected chi connectivity index (χ0v) is 18.8. The largest absolute Gasteiger partial charge is 0.315 e. The van der Waals surface area contributed by atoms with Gasteiger partial charge in [0, 0.05) is 41.9 Å². The number of hydrogen-bond donors (Lipinski definition) is 1. The molecule has 1 amide bonds. The number of hydrogen-bond acceptors (Lipinski definition) is 2. The molecule has 4 nitrogen and oxygen atoms in total. The lowest BCUT2D eigenvalue weighted by atomic mass is 9.88. The molecule has 1 unspecified atom stereocenters. The third-order valence-electron chi connectivity index (χ3n) is 6.45.